The van der Waals surface area contributed by atoms with E-state index in [-0.39, 0.29) is 0 Å². The van der Waals surface area contributed by atoms with Crippen LogP contribution in [0.1, 0.15) is 18.1 Å². The predicted molar refractivity (Wildman–Crippen MR) is 153 cm³/mol. The number of aromatic nitrogens is 6. The molecule has 3 aromatic heterocycles. The van der Waals surface area contributed by atoms with Gasteiger partial charge >= 0.3 is 0 Å². The summed E-state index contributed by atoms with van der Waals surface area (Å²) in [5.74, 6) is 3.37. The Bertz CT molecular complexity index is 1490. The predicted octanol–water partition coefficient (Wildman–Crippen LogP) is 1.30. The minimum atomic E-state index is 0.491. The number of hydrogen-bond donors (Lipinski definition) is 1. The molecular weight excluding hydrogens is 508 g/mol. The molecule has 212 valence electrons. The quantitative estimate of drug-likeness (QED) is 0.365. The molecule has 3 aliphatic heterocycles. The molecule has 0 amide bonds. The number of para-hydroxylation sites is 2. The second kappa shape index (κ2) is 11.0. The summed E-state index contributed by atoms with van der Waals surface area (Å²) in [5.41, 5.74) is 3.64. The number of anilines is 1. The Kier molecular flexibility index (Phi) is 7.10. The largest absolute Gasteiger partial charge is 0.379 e. The molecule has 7 rings (SSSR count). The zero-order valence-electron chi connectivity index (χ0n) is 23.4. The summed E-state index contributed by atoms with van der Waals surface area (Å²) >= 11 is 0. The first-order valence-corrected chi connectivity index (χ1v) is 14.4. The van der Waals surface area contributed by atoms with Gasteiger partial charge in [0.15, 0.2) is 17.0 Å². The first kappa shape index (κ1) is 25.8. The molecule has 6 heterocycles. The van der Waals surface area contributed by atoms with Gasteiger partial charge in [0.2, 0.25) is 5.95 Å². The van der Waals surface area contributed by atoms with Crippen molar-refractivity contribution in [2.24, 2.45) is 7.05 Å². The van der Waals surface area contributed by atoms with Crippen LogP contribution in [0.25, 0.3) is 28.1 Å². The van der Waals surface area contributed by atoms with E-state index in [0.29, 0.717) is 25.2 Å². The molecule has 1 aromatic carbocycles. The van der Waals surface area contributed by atoms with Gasteiger partial charge in [-0.2, -0.15) is 9.97 Å². The summed E-state index contributed by atoms with van der Waals surface area (Å²) in [7, 11) is 2.08. The Balaban J connectivity index is 1.18. The summed E-state index contributed by atoms with van der Waals surface area (Å²) in [6, 6.07) is 8.63. The highest BCUT2D eigenvalue weighted by Crippen LogP contribution is 2.28. The number of nitrogens with one attached hydrogen (secondary N) is 1. The van der Waals surface area contributed by atoms with Gasteiger partial charge in [-0.25, -0.2) is 9.97 Å². The summed E-state index contributed by atoms with van der Waals surface area (Å²) < 4.78 is 15.3. The number of aryl methyl sites for hydroxylation is 2. The SMILES string of the molecule is Cc1nc2ccccc2n1-c1nc(N2CCOCC2)c2nc(CN3CCC(NCN4CCOCC4)C3)n(C)c2n1. The van der Waals surface area contributed by atoms with Crippen LogP contribution in [0.15, 0.2) is 24.3 Å². The zero-order valence-corrected chi connectivity index (χ0v) is 23.4. The Morgan fingerprint density at radius 1 is 0.900 bits per heavy atom. The lowest BCUT2D eigenvalue weighted by molar-refractivity contribution is 0.0327. The number of ether oxygens (including phenoxy) is 2. The third-order valence-corrected chi connectivity index (χ3v) is 8.36. The molecule has 4 aromatic rings. The summed E-state index contributed by atoms with van der Waals surface area (Å²) in [4.78, 5) is 27.3. The molecule has 1 unspecified atom stereocenters. The number of fused-ring (bicyclic) bond motifs is 2. The van der Waals surface area contributed by atoms with Crippen molar-refractivity contribution in [1.82, 2.24) is 44.2 Å². The van der Waals surface area contributed by atoms with Crippen molar-refractivity contribution in [3.8, 4) is 5.95 Å². The minimum absolute atomic E-state index is 0.491. The lowest BCUT2D eigenvalue weighted by Gasteiger charge is -2.28. The van der Waals surface area contributed by atoms with Gasteiger partial charge in [-0.3, -0.25) is 14.4 Å². The van der Waals surface area contributed by atoms with E-state index in [9.17, 15) is 0 Å². The number of morpholine rings is 2. The number of likely N-dealkylation sites (tertiary alicyclic amines) is 1. The van der Waals surface area contributed by atoms with Gasteiger partial charge in [0.05, 0.1) is 44.0 Å². The molecular formula is C28H38N10O2. The standard InChI is InChI=1S/C28H38N10O2/c1-20-30-22-5-3-4-6-23(22)38(20)28-32-26-25(27(33-28)37-11-15-40-16-12-37)31-24(34(26)2)18-36-8-7-21(17-36)29-19-35-9-13-39-14-10-35/h3-6,21,29H,7-19H2,1-2H3. The Morgan fingerprint density at radius 2 is 1.68 bits per heavy atom. The van der Waals surface area contributed by atoms with Gasteiger partial charge in [0.25, 0.3) is 0 Å². The van der Waals surface area contributed by atoms with Gasteiger partial charge in [0, 0.05) is 59.0 Å². The van der Waals surface area contributed by atoms with Crippen molar-refractivity contribution < 1.29 is 9.47 Å². The number of benzene rings is 1. The number of nitrogens with zero attached hydrogens (tertiary/aromatic N) is 9. The Hall–Kier alpha value is -3.16. The second-order valence-electron chi connectivity index (χ2n) is 11.0. The molecule has 3 saturated heterocycles. The van der Waals surface area contributed by atoms with E-state index < -0.39 is 0 Å². The maximum absolute atomic E-state index is 5.65. The Labute approximate surface area is 233 Å². The highest BCUT2D eigenvalue weighted by molar-refractivity contribution is 5.86. The van der Waals surface area contributed by atoms with E-state index in [1.807, 2.05) is 25.1 Å². The number of rotatable bonds is 7. The fraction of sp³-hybridized carbons (Fsp3) is 0.571. The maximum atomic E-state index is 5.65. The lowest BCUT2D eigenvalue weighted by atomic mass is 10.3. The van der Waals surface area contributed by atoms with Gasteiger partial charge < -0.3 is 24.3 Å². The molecule has 3 aliphatic rings. The second-order valence-corrected chi connectivity index (χ2v) is 11.0. The van der Waals surface area contributed by atoms with Crippen LogP contribution in [0.3, 0.4) is 0 Å². The topological polar surface area (TPSA) is 102 Å². The number of hydrogen-bond acceptors (Lipinski definition) is 10. The molecule has 0 saturated carbocycles. The molecule has 1 atom stereocenters. The monoisotopic (exact) mass is 546 g/mol. The molecule has 40 heavy (non-hydrogen) atoms. The highest BCUT2D eigenvalue weighted by Gasteiger charge is 2.27. The number of imidazole rings is 2. The van der Waals surface area contributed by atoms with Crippen LogP contribution in [-0.4, -0.2) is 117 Å². The molecule has 1 N–H and O–H groups in total. The first-order valence-electron chi connectivity index (χ1n) is 14.4. The van der Waals surface area contributed by atoms with Crippen LogP contribution in [0.5, 0.6) is 0 Å². The molecule has 0 aliphatic carbocycles. The average Bonchev–Trinajstić information content (AvgIpc) is 3.67. The van der Waals surface area contributed by atoms with Crippen molar-refractivity contribution in [2.75, 3.05) is 77.3 Å². The molecule has 12 heteroatoms. The van der Waals surface area contributed by atoms with Gasteiger partial charge in [-0.1, -0.05) is 12.1 Å². The smallest absolute Gasteiger partial charge is 0.239 e. The van der Waals surface area contributed by atoms with Crippen LogP contribution in [0.2, 0.25) is 0 Å². The maximum Gasteiger partial charge on any atom is 0.239 e. The minimum Gasteiger partial charge on any atom is -0.379 e. The van der Waals surface area contributed by atoms with Gasteiger partial charge in [0.1, 0.15) is 11.6 Å². The fourth-order valence-corrected chi connectivity index (χ4v) is 6.08. The van der Waals surface area contributed by atoms with Crippen LogP contribution in [0.4, 0.5) is 5.82 Å². The molecule has 3 fully saturated rings. The van der Waals surface area contributed by atoms with E-state index in [4.69, 9.17) is 29.4 Å². The van der Waals surface area contributed by atoms with Gasteiger partial charge in [-0.05, 0) is 25.5 Å². The van der Waals surface area contributed by atoms with Crippen molar-refractivity contribution in [3.63, 3.8) is 0 Å². The average molecular weight is 547 g/mol. The highest BCUT2D eigenvalue weighted by atomic mass is 16.5. The van der Waals surface area contributed by atoms with E-state index in [0.717, 1.165) is 112 Å². The van der Waals surface area contributed by atoms with E-state index in [1.165, 1.54) is 0 Å². The van der Waals surface area contributed by atoms with Crippen LogP contribution in [-0.2, 0) is 23.1 Å². The fourth-order valence-electron chi connectivity index (χ4n) is 6.08. The summed E-state index contributed by atoms with van der Waals surface area (Å²) in [5, 5.41) is 3.76. The molecule has 0 bridgehead atoms. The van der Waals surface area contributed by atoms with Crippen LogP contribution >= 0.6 is 0 Å². The normalized spacial score (nSPS) is 21.2. The summed E-state index contributed by atoms with van der Waals surface area (Å²) in [6.45, 7) is 12.4. The summed E-state index contributed by atoms with van der Waals surface area (Å²) in [6.07, 6.45) is 1.14. The molecule has 12 nitrogen and oxygen atoms in total. The first-order chi connectivity index (χ1) is 19.6. The van der Waals surface area contributed by atoms with Crippen molar-refractivity contribution in [1.29, 1.82) is 0 Å². The van der Waals surface area contributed by atoms with Crippen LogP contribution < -0.4 is 10.2 Å². The molecule has 0 radical (unpaired) electrons. The third-order valence-electron chi connectivity index (χ3n) is 8.36. The van der Waals surface area contributed by atoms with E-state index in [2.05, 4.69) is 42.3 Å². The van der Waals surface area contributed by atoms with Gasteiger partial charge in [-0.15, -0.1) is 0 Å². The Morgan fingerprint density at radius 3 is 2.50 bits per heavy atom. The van der Waals surface area contributed by atoms with Crippen molar-refractivity contribution in [3.05, 3.63) is 35.9 Å². The van der Waals surface area contributed by atoms with E-state index >= 15 is 0 Å². The van der Waals surface area contributed by atoms with Crippen molar-refractivity contribution in [2.45, 2.75) is 25.9 Å². The zero-order chi connectivity index (χ0) is 27.1. The molecule has 0 spiro atoms. The van der Waals surface area contributed by atoms with E-state index in [1.54, 1.807) is 0 Å². The third kappa shape index (κ3) is 4.94. The van der Waals surface area contributed by atoms with Crippen LogP contribution in [0, 0.1) is 6.92 Å². The lowest BCUT2D eigenvalue weighted by Crippen LogP contribution is -2.45. The van der Waals surface area contributed by atoms with Crippen molar-refractivity contribution >= 4 is 28.0 Å².